The lowest BCUT2D eigenvalue weighted by Gasteiger charge is -2.06. The van der Waals surface area contributed by atoms with Gasteiger partial charge in [-0.1, -0.05) is 25.2 Å². The number of nitrogens with one attached hydrogen (secondary N) is 2. The normalized spacial score (nSPS) is 10.7. The molecule has 2 heterocycles. The molecule has 0 radical (unpaired) electrons. The molecule has 0 unspecified atom stereocenters. The van der Waals surface area contributed by atoms with Crippen molar-refractivity contribution in [3.05, 3.63) is 28.7 Å². The summed E-state index contributed by atoms with van der Waals surface area (Å²) in [6.45, 7) is 4.15. The van der Waals surface area contributed by atoms with Crippen molar-refractivity contribution in [1.82, 2.24) is 15.2 Å². The average Bonchev–Trinajstić information content (AvgIpc) is 2.85. The number of nitrogens with zero attached hydrogens (tertiary/aromatic N) is 3. The summed E-state index contributed by atoms with van der Waals surface area (Å²) in [5.74, 6) is -0.777. The van der Waals surface area contributed by atoms with Crippen LogP contribution in [0.3, 0.4) is 0 Å². The molecule has 0 spiro atoms. The number of halogens is 1. The highest BCUT2D eigenvalue weighted by Gasteiger charge is 2.17. The molecule has 21 heavy (non-hydrogen) atoms. The fourth-order valence-corrected chi connectivity index (χ4v) is 2.64. The van der Waals surface area contributed by atoms with E-state index in [4.69, 9.17) is 0 Å². The Kier molecular flexibility index (Phi) is 4.79. The van der Waals surface area contributed by atoms with Crippen molar-refractivity contribution >= 4 is 28.2 Å². The lowest BCUT2D eigenvalue weighted by Crippen LogP contribution is -2.15. The molecule has 0 aliphatic carbocycles. The molecule has 1 amide bonds. The largest absolute Gasteiger partial charge is 0.371 e. The second-order valence-corrected chi connectivity index (χ2v) is 5.89. The zero-order valence-corrected chi connectivity index (χ0v) is 12.8. The molecule has 8 heteroatoms. The maximum Gasteiger partial charge on any atom is 0.260 e. The number of aromatic nitrogens is 3. The van der Waals surface area contributed by atoms with Gasteiger partial charge in [0.05, 0.1) is 5.56 Å². The van der Waals surface area contributed by atoms with Crippen LogP contribution in [-0.4, -0.2) is 28.1 Å². The monoisotopic (exact) mass is 309 g/mol. The fraction of sp³-hybridized carbons (Fsp3) is 0.385. The number of rotatable bonds is 5. The van der Waals surface area contributed by atoms with E-state index in [0.717, 1.165) is 11.4 Å². The summed E-state index contributed by atoms with van der Waals surface area (Å²) in [6, 6.07) is 1.32. The van der Waals surface area contributed by atoms with Gasteiger partial charge in [0.2, 0.25) is 5.13 Å². The quantitative estimate of drug-likeness (QED) is 0.887. The number of hydrogen-bond acceptors (Lipinski definition) is 6. The van der Waals surface area contributed by atoms with Crippen LogP contribution >= 0.6 is 11.3 Å². The van der Waals surface area contributed by atoms with Gasteiger partial charge < -0.3 is 5.32 Å². The first-order chi connectivity index (χ1) is 10.0. The van der Waals surface area contributed by atoms with Crippen LogP contribution in [0.15, 0.2) is 12.3 Å². The Labute approximate surface area is 125 Å². The third-order valence-corrected chi connectivity index (χ3v) is 3.50. The molecule has 2 aromatic rings. The van der Waals surface area contributed by atoms with Crippen LogP contribution in [0, 0.1) is 11.7 Å². The highest BCUT2D eigenvalue weighted by Crippen LogP contribution is 2.20. The Bertz CT molecular complexity index is 643. The number of carbonyl (C=O) groups excluding carboxylic acids is 1. The molecule has 0 aliphatic rings. The smallest absolute Gasteiger partial charge is 0.260 e. The highest BCUT2D eigenvalue weighted by molar-refractivity contribution is 7.15. The van der Waals surface area contributed by atoms with E-state index >= 15 is 0 Å². The topological polar surface area (TPSA) is 79.8 Å². The molecule has 6 nitrogen and oxygen atoms in total. The van der Waals surface area contributed by atoms with E-state index in [-0.39, 0.29) is 11.4 Å². The van der Waals surface area contributed by atoms with E-state index in [9.17, 15) is 9.18 Å². The first kappa shape index (κ1) is 15.3. The summed E-state index contributed by atoms with van der Waals surface area (Å²) >= 11 is 1.29. The second-order valence-electron chi connectivity index (χ2n) is 4.82. The molecular weight excluding hydrogens is 293 g/mol. The zero-order valence-electron chi connectivity index (χ0n) is 12.0. The van der Waals surface area contributed by atoms with Gasteiger partial charge in [-0.25, -0.2) is 9.37 Å². The lowest BCUT2D eigenvalue weighted by atomic mass is 10.1. The SMILES string of the molecule is CNc1nccc(C(=O)Nc2nnc(CC(C)C)s2)c1F. The fourth-order valence-electron chi connectivity index (χ4n) is 1.69. The van der Waals surface area contributed by atoms with E-state index in [2.05, 4.69) is 39.7 Å². The number of carbonyl (C=O) groups is 1. The predicted molar refractivity (Wildman–Crippen MR) is 80.1 cm³/mol. The molecule has 0 aliphatic heterocycles. The van der Waals surface area contributed by atoms with Gasteiger partial charge in [0.15, 0.2) is 11.6 Å². The summed E-state index contributed by atoms with van der Waals surface area (Å²) in [5.41, 5.74) is -0.0880. The second kappa shape index (κ2) is 6.57. The Morgan fingerprint density at radius 1 is 1.43 bits per heavy atom. The highest BCUT2D eigenvalue weighted by atomic mass is 32.1. The van der Waals surface area contributed by atoms with Crippen LogP contribution in [0.5, 0.6) is 0 Å². The number of hydrogen-bond donors (Lipinski definition) is 2. The minimum Gasteiger partial charge on any atom is -0.371 e. The summed E-state index contributed by atoms with van der Waals surface area (Å²) in [4.78, 5) is 15.9. The molecule has 0 saturated heterocycles. The van der Waals surface area contributed by atoms with E-state index < -0.39 is 11.7 Å². The van der Waals surface area contributed by atoms with Gasteiger partial charge in [-0.2, -0.15) is 0 Å². The Morgan fingerprint density at radius 2 is 2.19 bits per heavy atom. The van der Waals surface area contributed by atoms with E-state index in [1.54, 1.807) is 0 Å². The van der Waals surface area contributed by atoms with Gasteiger partial charge >= 0.3 is 0 Å². The average molecular weight is 309 g/mol. The van der Waals surface area contributed by atoms with Crippen LogP contribution in [0.25, 0.3) is 0 Å². The van der Waals surface area contributed by atoms with Gasteiger partial charge in [-0.15, -0.1) is 10.2 Å². The van der Waals surface area contributed by atoms with Gasteiger partial charge in [0.25, 0.3) is 5.91 Å². The number of pyridine rings is 1. The molecule has 2 rings (SSSR count). The van der Waals surface area contributed by atoms with Gasteiger partial charge in [-0.05, 0) is 12.0 Å². The van der Waals surface area contributed by atoms with Crippen molar-refractivity contribution in [3.8, 4) is 0 Å². The van der Waals surface area contributed by atoms with Gasteiger partial charge in [0, 0.05) is 19.7 Å². The number of anilines is 2. The van der Waals surface area contributed by atoms with Gasteiger partial charge in [-0.3, -0.25) is 10.1 Å². The minimum absolute atomic E-state index is 0.0282. The third kappa shape index (κ3) is 3.72. The predicted octanol–water partition coefficient (Wildman–Crippen LogP) is 2.56. The van der Waals surface area contributed by atoms with E-state index in [1.165, 1.54) is 30.6 Å². The van der Waals surface area contributed by atoms with Crippen molar-refractivity contribution < 1.29 is 9.18 Å². The van der Waals surface area contributed by atoms with Crippen LogP contribution in [0.4, 0.5) is 15.3 Å². The van der Waals surface area contributed by atoms with Crippen molar-refractivity contribution in [1.29, 1.82) is 0 Å². The summed E-state index contributed by atoms with van der Waals surface area (Å²) in [5, 5.41) is 14.2. The number of amides is 1. The Morgan fingerprint density at radius 3 is 2.86 bits per heavy atom. The van der Waals surface area contributed by atoms with Crippen LogP contribution in [0.1, 0.15) is 29.2 Å². The van der Waals surface area contributed by atoms with Crippen molar-refractivity contribution in [3.63, 3.8) is 0 Å². The van der Waals surface area contributed by atoms with E-state index in [0.29, 0.717) is 11.0 Å². The summed E-state index contributed by atoms with van der Waals surface area (Å²) < 4.78 is 14.0. The molecule has 0 bridgehead atoms. The first-order valence-electron chi connectivity index (χ1n) is 6.47. The Hall–Kier alpha value is -2.09. The van der Waals surface area contributed by atoms with E-state index in [1.807, 2.05) is 0 Å². The molecule has 2 aromatic heterocycles. The minimum atomic E-state index is -0.690. The third-order valence-electron chi connectivity index (χ3n) is 2.64. The molecular formula is C13H16FN5OS. The van der Waals surface area contributed by atoms with Crippen LogP contribution in [0.2, 0.25) is 0 Å². The standard InChI is InChI=1S/C13H16FN5OS/c1-7(2)6-9-18-19-13(21-9)17-12(20)8-4-5-16-11(15-3)10(8)14/h4-5,7H,6H2,1-3H3,(H,15,16)(H,17,19,20). The van der Waals surface area contributed by atoms with Crippen LogP contribution < -0.4 is 10.6 Å². The van der Waals surface area contributed by atoms with Gasteiger partial charge in [0.1, 0.15) is 5.01 Å². The molecule has 0 aromatic carbocycles. The Balaban J connectivity index is 2.13. The molecule has 112 valence electrons. The van der Waals surface area contributed by atoms with Crippen LogP contribution in [-0.2, 0) is 6.42 Å². The molecule has 0 saturated carbocycles. The van der Waals surface area contributed by atoms with Crippen molar-refractivity contribution in [2.24, 2.45) is 5.92 Å². The van der Waals surface area contributed by atoms with Crippen molar-refractivity contribution in [2.45, 2.75) is 20.3 Å². The molecule has 2 N–H and O–H groups in total. The molecule has 0 fully saturated rings. The maximum atomic E-state index is 14.0. The zero-order chi connectivity index (χ0) is 15.4. The summed E-state index contributed by atoms with van der Waals surface area (Å²) in [7, 11) is 1.54. The molecule has 0 atom stereocenters. The summed E-state index contributed by atoms with van der Waals surface area (Å²) in [6.07, 6.45) is 2.16. The maximum absolute atomic E-state index is 14.0. The first-order valence-corrected chi connectivity index (χ1v) is 7.29. The van der Waals surface area contributed by atoms with Crippen molar-refractivity contribution in [2.75, 3.05) is 17.7 Å². The lowest BCUT2D eigenvalue weighted by molar-refractivity contribution is 0.102.